The lowest BCUT2D eigenvalue weighted by molar-refractivity contribution is -0.124. The van der Waals surface area contributed by atoms with Crippen LogP contribution in [0.1, 0.15) is 127 Å². The lowest BCUT2D eigenvalue weighted by Crippen LogP contribution is -2.68. The second kappa shape index (κ2) is 28.3. The van der Waals surface area contributed by atoms with E-state index in [1.165, 1.54) is 55.8 Å². The minimum atomic E-state index is -1.33. The van der Waals surface area contributed by atoms with Gasteiger partial charge in [0, 0.05) is 37.2 Å². The van der Waals surface area contributed by atoms with E-state index >= 15 is 0 Å². The Morgan fingerprint density at radius 3 is 0.859 bits per heavy atom. The Labute approximate surface area is 454 Å². The molecule has 402 valence electrons. The molecular weight excluding hydrogens is 993 g/mol. The van der Waals surface area contributed by atoms with E-state index in [-0.39, 0.29) is 54.1 Å². The van der Waals surface area contributed by atoms with Crippen molar-refractivity contribution in [1.82, 2.24) is 61.8 Å². The molecule has 1 aliphatic rings. The molecule has 0 saturated carbocycles. The third-order valence-electron chi connectivity index (χ3n) is 12.3. The first-order valence-corrected chi connectivity index (χ1v) is 25.9. The quantitative estimate of drug-likeness (QED) is 0.0452. The maximum atomic E-state index is 14.9. The topological polar surface area (TPSA) is 280 Å². The van der Waals surface area contributed by atoms with Crippen LogP contribution in [0.25, 0.3) is 0 Å². The molecule has 0 spiro atoms. The van der Waals surface area contributed by atoms with E-state index < -0.39 is 92.7 Å². The SMILES string of the molecule is CC(C)C[C@H](NC(=O)[C@@H](NC(=O)c1cnccn1)c1ccccc1)B1OB([C@@H](CC(C)C)NC(=O)[C@H](NC(=O)c2cnccn2)c2ccccc2)OB([C@@H](CC(C)C)NC(=O)[C@H](NC(=O)c2cnccn2)c2ccccc2)O1. The number of carbonyl (C=O) groups is 6. The Balaban J connectivity index is 1.27. The van der Waals surface area contributed by atoms with Crippen molar-refractivity contribution in [2.75, 3.05) is 0 Å². The summed E-state index contributed by atoms with van der Waals surface area (Å²) in [6.07, 6.45) is 13.1. The molecule has 3 aromatic heterocycles. The van der Waals surface area contributed by atoms with E-state index in [1.807, 2.05) is 41.5 Å². The standard InChI is InChI=1S/C54H63B3N12O9/c1-34(2)28-43(64-52(73)46(37-16-10-7-11-17-37)67-49(70)40-31-58-22-25-61-40)55-76-56(44(29-35(3)4)65-53(74)47(38-18-12-8-13-19-38)68-50(71)41-32-59-23-26-62-41)78-57(77-55)45(30-36(5)6)66-54(75)48(39-20-14-9-15-21-39)69-51(72)42-33-60-24-27-63-42/h7-27,31-36,43-48H,28-30H2,1-6H3,(H,64,73)(H,65,74)(H,66,75)(H,67,70)(H,68,71)(H,69,72)/t43-,44-,45+,46-,47-,48+/m1/s1. The van der Waals surface area contributed by atoms with Gasteiger partial charge < -0.3 is 45.6 Å². The summed E-state index contributed by atoms with van der Waals surface area (Å²) in [6.45, 7) is 11.7. The van der Waals surface area contributed by atoms with Crippen LogP contribution < -0.4 is 31.9 Å². The van der Waals surface area contributed by atoms with Crippen LogP contribution in [-0.4, -0.2) is 105 Å². The van der Waals surface area contributed by atoms with Crippen molar-refractivity contribution < 1.29 is 42.5 Å². The first-order chi connectivity index (χ1) is 37.6. The predicted octanol–water partition coefficient (Wildman–Crippen LogP) is 4.61. The van der Waals surface area contributed by atoms with Crippen molar-refractivity contribution in [2.45, 2.75) is 96.8 Å². The second-order valence-corrected chi connectivity index (χ2v) is 20.0. The smallest absolute Gasteiger partial charge is 0.450 e. The van der Waals surface area contributed by atoms with Crippen molar-refractivity contribution >= 4 is 56.8 Å². The van der Waals surface area contributed by atoms with Gasteiger partial charge in [-0.1, -0.05) is 133 Å². The zero-order valence-corrected chi connectivity index (χ0v) is 44.3. The van der Waals surface area contributed by atoms with Gasteiger partial charge >= 0.3 is 21.4 Å². The molecule has 6 amide bonds. The van der Waals surface area contributed by atoms with E-state index in [2.05, 4.69) is 61.8 Å². The molecule has 4 heterocycles. The van der Waals surface area contributed by atoms with Crippen LogP contribution in [0, 0.1) is 17.8 Å². The average Bonchev–Trinajstić information content (AvgIpc) is 3.47. The summed E-state index contributed by atoms with van der Waals surface area (Å²) in [6, 6.07) is 22.4. The number of amides is 6. The Kier molecular flexibility index (Phi) is 20.8. The van der Waals surface area contributed by atoms with Gasteiger partial charge in [-0.3, -0.25) is 43.7 Å². The van der Waals surface area contributed by atoms with Crippen molar-refractivity contribution in [3.63, 3.8) is 0 Å². The van der Waals surface area contributed by atoms with Crippen LogP contribution >= 0.6 is 0 Å². The summed E-state index contributed by atoms with van der Waals surface area (Å²) < 4.78 is 20.5. The summed E-state index contributed by atoms with van der Waals surface area (Å²) in [5.74, 6) is -6.88. The molecule has 1 fully saturated rings. The highest BCUT2D eigenvalue weighted by molar-refractivity contribution is 6.75. The first kappa shape index (κ1) is 57.5. The van der Waals surface area contributed by atoms with Gasteiger partial charge in [0.1, 0.15) is 35.2 Å². The molecule has 78 heavy (non-hydrogen) atoms. The van der Waals surface area contributed by atoms with Crippen molar-refractivity contribution in [1.29, 1.82) is 0 Å². The Morgan fingerprint density at radius 2 is 0.641 bits per heavy atom. The third-order valence-corrected chi connectivity index (χ3v) is 12.3. The fourth-order valence-corrected chi connectivity index (χ4v) is 8.80. The molecule has 0 aliphatic carbocycles. The van der Waals surface area contributed by atoms with Crippen LogP contribution in [0.4, 0.5) is 0 Å². The summed E-state index contributed by atoms with van der Waals surface area (Å²) >= 11 is 0. The van der Waals surface area contributed by atoms with Crippen LogP contribution in [0.5, 0.6) is 0 Å². The van der Waals surface area contributed by atoms with Gasteiger partial charge in [0.05, 0.1) is 36.4 Å². The second-order valence-electron chi connectivity index (χ2n) is 20.0. The lowest BCUT2D eigenvalue weighted by atomic mass is 9.58. The number of aromatic nitrogens is 6. The van der Waals surface area contributed by atoms with E-state index in [0.717, 1.165) is 0 Å². The lowest BCUT2D eigenvalue weighted by Gasteiger charge is -2.41. The number of hydrogen-bond donors (Lipinski definition) is 6. The van der Waals surface area contributed by atoms with Gasteiger partial charge in [-0.2, -0.15) is 0 Å². The summed E-state index contributed by atoms with van der Waals surface area (Å²) in [5, 5.41) is 17.8. The van der Waals surface area contributed by atoms with Gasteiger partial charge in [0.2, 0.25) is 17.7 Å². The summed E-state index contributed by atoms with van der Waals surface area (Å²) in [4.78, 5) is 110. The van der Waals surface area contributed by atoms with Crippen LogP contribution in [-0.2, 0) is 28.1 Å². The van der Waals surface area contributed by atoms with E-state index in [4.69, 9.17) is 13.7 Å². The molecule has 3 aromatic carbocycles. The number of nitrogens with zero attached hydrogens (tertiary/aromatic N) is 6. The number of hydrogen-bond acceptors (Lipinski definition) is 15. The zero-order valence-electron chi connectivity index (χ0n) is 44.3. The Bertz CT molecular complexity index is 2580. The molecule has 6 atom stereocenters. The fraction of sp³-hybridized carbons (Fsp3) is 0.333. The highest BCUT2D eigenvalue weighted by atomic mass is 16.7. The molecule has 0 radical (unpaired) electrons. The zero-order chi connectivity index (χ0) is 55.6. The number of carbonyl (C=O) groups excluding carboxylic acids is 6. The van der Waals surface area contributed by atoms with E-state index in [1.54, 1.807) is 91.0 Å². The molecule has 0 unspecified atom stereocenters. The molecule has 0 bridgehead atoms. The minimum absolute atomic E-state index is 0.00570. The van der Waals surface area contributed by atoms with Gasteiger partial charge in [-0.05, 0) is 53.7 Å². The Morgan fingerprint density at radius 1 is 0.385 bits per heavy atom. The maximum Gasteiger partial charge on any atom is 0.453 e. The molecule has 7 rings (SSSR count). The van der Waals surface area contributed by atoms with Crippen molar-refractivity contribution in [2.24, 2.45) is 17.8 Å². The van der Waals surface area contributed by atoms with E-state index in [9.17, 15) is 28.8 Å². The van der Waals surface area contributed by atoms with Crippen molar-refractivity contribution in [3.8, 4) is 0 Å². The number of nitrogens with one attached hydrogen (secondary N) is 6. The molecule has 24 heteroatoms. The van der Waals surface area contributed by atoms with Crippen molar-refractivity contribution in [3.05, 3.63) is 181 Å². The minimum Gasteiger partial charge on any atom is -0.450 e. The number of benzene rings is 3. The molecule has 6 N–H and O–H groups in total. The largest absolute Gasteiger partial charge is 0.453 e. The molecule has 6 aromatic rings. The third kappa shape index (κ3) is 16.4. The molecular formula is C54H63B3N12O9. The van der Waals surface area contributed by atoms with E-state index in [0.29, 0.717) is 16.7 Å². The summed E-state index contributed by atoms with van der Waals surface area (Å²) in [7, 11) is -3.98. The highest BCUT2D eigenvalue weighted by Crippen LogP contribution is 2.26. The van der Waals surface area contributed by atoms with Gasteiger partial charge in [0.25, 0.3) is 17.7 Å². The van der Waals surface area contributed by atoms with Gasteiger partial charge in [-0.15, -0.1) is 0 Å². The molecule has 1 aliphatic heterocycles. The van der Waals surface area contributed by atoms with Crippen LogP contribution in [0.15, 0.2) is 147 Å². The number of rotatable bonds is 24. The fourth-order valence-electron chi connectivity index (χ4n) is 8.80. The summed E-state index contributed by atoms with van der Waals surface area (Å²) in [5.41, 5.74) is 1.39. The van der Waals surface area contributed by atoms with Crippen LogP contribution in [0.2, 0.25) is 0 Å². The first-order valence-electron chi connectivity index (χ1n) is 25.9. The monoisotopic (exact) mass is 1060 g/mol. The average molecular weight is 1060 g/mol. The van der Waals surface area contributed by atoms with Gasteiger partial charge in [0.15, 0.2) is 0 Å². The predicted molar refractivity (Wildman–Crippen MR) is 291 cm³/mol. The van der Waals surface area contributed by atoms with Gasteiger partial charge in [-0.25, -0.2) is 15.0 Å². The highest BCUT2D eigenvalue weighted by Gasteiger charge is 2.52. The normalized spacial score (nSPS) is 14.8. The molecule has 21 nitrogen and oxygen atoms in total. The Hall–Kier alpha value is -8.21. The molecule has 1 saturated heterocycles. The maximum absolute atomic E-state index is 14.9. The van der Waals surface area contributed by atoms with Crippen LogP contribution in [0.3, 0.4) is 0 Å².